The summed E-state index contributed by atoms with van der Waals surface area (Å²) in [5.41, 5.74) is 0.996. The summed E-state index contributed by atoms with van der Waals surface area (Å²) >= 11 is 0. The molecule has 1 N–H and O–H groups in total. The van der Waals surface area contributed by atoms with Gasteiger partial charge in [-0.05, 0) is 12.1 Å². The first kappa shape index (κ1) is 9.65. The van der Waals surface area contributed by atoms with Crippen molar-refractivity contribution in [2.75, 3.05) is 13.7 Å². The van der Waals surface area contributed by atoms with Gasteiger partial charge in [0.1, 0.15) is 5.75 Å². The highest BCUT2D eigenvalue weighted by Gasteiger charge is 1.92. The van der Waals surface area contributed by atoms with Crippen molar-refractivity contribution in [2.45, 2.75) is 6.42 Å². The zero-order valence-corrected chi connectivity index (χ0v) is 7.92. The van der Waals surface area contributed by atoms with Crippen molar-refractivity contribution in [1.82, 2.24) is 5.32 Å². The van der Waals surface area contributed by atoms with Crippen LogP contribution < -0.4 is 10.1 Å². The maximum atomic E-state index is 5.48. The lowest BCUT2D eigenvalue weighted by Crippen LogP contribution is -2.08. The summed E-state index contributed by atoms with van der Waals surface area (Å²) in [4.78, 5) is 0. The lowest BCUT2D eigenvalue weighted by atomic mass is 10.3. The first-order valence-corrected chi connectivity index (χ1v) is 4.36. The summed E-state index contributed by atoms with van der Waals surface area (Å²) < 4.78 is 5.48. The third-order valence-corrected chi connectivity index (χ3v) is 1.77. The normalized spacial score (nSPS) is 9.31. The molecule has 0 saturated carbocycles. The van der Waals surface area contributed by atoms with Gasteiger partial charge in [0.15, 0.2) is 0 Å². The summed E-state index contributed by atoms with van der Waals surface area (Å²) in [6.07, 6.45) is 0.839. The van der Waals surface area contributed by atoms with Gasteiger partial charge in [0.25, 0.3) is 0 Å². The fourth-order valence-electron chi connectivity index (χ4n) is 0.934. The Hall–Kier alpha value is -1.44. The minimum atomic E-state index is 0.670. The Labute approximate surface area is 79.2 Å². The van der Waals surface area contributed by atoms with Crippen LogP contribution in [0.5, 0.6) is 5.75 Å². The second-order valence-corrected chi connectivity index (χ2v) is 2.77. The van der Waals surface area contributed by atoms with Crippen LogP contribution in [0.3, 0.4) is 0 Å². The van der Waals surface area contributed by atoms with Gasteiger partial charge in [-0.25, -0.2) is 0 Å². The molecule has 0 atom stereocenters. The van der Waals surface area contributed by atoms with Crippen LogP contribution in [0.4, 0.5) is 0 Å². The number of ether oxygens (including phenoxy) is 1. The van der Waals surface area contributed by atoms with Crippen molar-refractivity contribution in [2.24, 2.45) is 0 Å². The van der Waals surface area contributed by atoms with Gasteiger partial charge in [0.05, 0.1) is 6.61 Å². The van der Waals surface area contributed by atoms with Crippen LogP contribution in [0, 0.1) is 0 Å². The number of nitrogens with one attached hydrogen (secondary N) is 1. The van der Waals surface area contributed by atoms with E-state index in [1.54, 1.807) is 0 Å². The molecule has 70 valence electrons. The van der Waals surface area contributed by atoms with Crippen LogP contribution in [-0.2, 0) is 0 Å². The smallest absolute Gasteiger partial charge is 0.119 e. The second kappa shape index (κ2) is 5.25. The third-order valence-electron chi connectivity index (χ3n) is 1.77. The summed E-state index contributed by atoms with van der Waals surface area (Å²) in [6.45, 7) is 4.48. The van der Waals surface area contributed by atoms with Gasteiger partial charge < -0.3 is 10.1 Å². The molecule has 1 rings (SSSR count). The zero-order chi connectivity index (χ0) is 9.52. The van der Waals surface area contributed by atoms with Gasteiger partial charge in [-0.1, -0.05) is 24.8 Å². The average molecular weight is 177 g/mol. The van der Waals surface area contributed by atoms with Gasteiger partial charge in [-0.3, -0.25) is 0 Å². The zero-order valence-electron chi connectivity index (χ0n) is 7.92. The number of benzene rings is 1. The predicted octanol–water partition coefficient (Wildman–Crippen LogP) is 2.19. The van der Waals surface area contributed by atoms with Gasteiger partial charge in [0.2, 0.25) is 0 Å². The molecular weight excluding hydrogens is 162 g/mol. The maximum absolute atomic E-state index is 5.48. The largest absolute Gasteiger partial charge is 0.493 e. The van der Waals surface area contributed by atoms with Crippen molar-refractivity contribution < 1.29 is 4.74 Å². The molecule has 2 heteroatoms. The van der Waals surface area contributed by atoms with E-state index in [-0.39, 0.29) is 0 Å². The highest BCUT2D eigenvalue weighted by molar-refractivity contribution is 5.20. The van der Waals surface area contributed by atoms with Crippen molar-refractivity contribution >= 4 is 0 Å². The lowest BCUT2D eigenvalue weighted by molar-refractivity contribution is 0.319. The molecule has 1 aromatic rings. The molecule has 0 aliphatic heterocycles. The van der Waals surface area contributed by atoms with E-state index in [1.165, 1.54) is 0 Å². The summed E-state index contributed by atoms with van der Waals surface area (Å²) in [6, 6.07) is 9.79. The van der Waals surface area contributed by atoms with Gasteiger partial charge in [-0.15, -0.1) is 0 Å². The Kier molecular flexibility index (Phi) is 3.89. The molecule has 0 unspecified atom stereocenters. The first-order chi connectivity index (χ1) is 6.33. The van der Waals surface area contributed by atoms with Crippen LogP contribution in [0.2, 0.25) is 0 Å². The fourth-order valence-corrected chi connectivity index (χ4v) is 0.934. The molecule has 0 aromatic heterocycles. The standard InChI is InChI=1S/C11H15NO/c1-10(12-2)8-9-13-11-6-4-3-5-7-11/h3-7,12H,1,8-9H2,2H3. The SMILES string of the molecule is C=C(CCOc1ccccc1)NC. The molecule has 0 amide bonds. The van der Waals surface area contributed by atoms with Crippen LogP contribution in [0.1, 0.15) is 6.42 Å². The Bertz CT molecular complexity index is 256. The number of rotatable bonds is 5. The highest BCUT2D eigenvalue weighted by Crippen LogP contribution is 2.08. The monoisotopic (exact) mass is 177 g/mol. The van der Waals surface area contributed by atoms with Gasteiger partial charge in [0, 0.05) is 19.2 Å². The molecule has 0 aliphatic carbocycles. The summed E-state index contributed by atoms with van der Waals surface area (Å²) in [5, 5.41) is 2.98. The molecule has 0 fully saturated rings. The molecule has 0 aliphatic rings. The maximum Gasteiger partial charge on any atom is 0.119 e. The number of hydrogen-bond acceptors (Lipinski definition) is 2. The first-order valence-electron chi connectivity index (χ1n) is 4.36. The van der Waals surface area contributed by atoms with Crippen molar-refractivity contribution in [3.63, 3.8) is 0 Å². The molecule has 0 radical (unpaired) electrons. The van der Waals surface area contributed by atoms with Crippen molar-refractivity contribution in [3.05, 3.63) is 42.6 Å². The van der Waals surface area contributed by atoms with E-state index in [9.17, 15) is 0 Å². The van der Waals surface area contributed by atoms with Crippen LogP contribution in [-0.4, -0.2) is 13.7 Å². The van der Waals surface area contributed by atoms with Crippen LogP contribution in [0.15, 0.2) is 42.6 Å². The second-order valence-electron chi connectivity index (χ2n) is 2.77. The topological polar surface area (TPSA) is 21.3 Å². The predicted molar refractivity (Wildman–Crippen MR) is 54.8 cm³/mol. The van der Waals surface area contributed by atoms with Gasteiger partial charge >= 0.3 is 0 Å². The molecule has 0 saturated heterocycles. The third kappa shape index (κ3) is 3.65. The Morgan fingerprint density at radius 3 is 2.69 bits per heavy atom. The Morgan fingerprint density at radius 2 is 2.08 bits per heavy atom. The van der Waals surface area contributed by atoms with E-state index in [2.05, 4.69) is 11.9 Å². The minimum Gasteiger partial charge on any atom is -0.493 e. The van der Waals surface area contributed by atoms with E-state index >= 15 is 0 Å². The summed E-state index contributed by atoms with van der Waals surface area (Å²) in [5.74, 6) is 0.909. The van der Waals surface area contributed by atoms with Crippen LogP contribution >= 0.6 is 0 Å². The molecule has 13 heavy (non-hydrogen) atoms. The Balaban J connectivity index is 2.24. The molecule has 0 bridgehead atoms. The summed E-state index contributed by atoms with van der Waals surface area (Å²) in [7, 11) is 1.87. The van der Waals surface area contributed by atoms with E-state index < -0.39 is 0 Å². The van der Waals surface area contributed by atoms with E-state index in [0.29, 0.717) is 6.61 Å². The van der Waals surface area contributed by atoms with Crippen LogP contribution in [0.25, 0.3) is 0 Å². The fraction of sp³-hybridized carbons (Fsp3) is 0.273. The quantitative estimate of drug-likeness (QED) is 0.744. The van der Waals surface area contributed by atoms with E-state index in [1.807, 2.05) is 37.4 Å². The van der Waals surface area contributed by atoms with E-state index in [4.69, 9.17) is 4.74 Å². The highest BCUT2D eigenvalue weighted by atomic mass is 16.5. The molecule has 0 spiro atoms. The number of hydrogen-bond donors (Lipinski definition) is 1. The molecular formula is C11H15NO. The van der Waals surface area contributed by atoms with Crippen molar-refractivity contribution in [3.8, 4) is 5.75 Å². The molecule has 2 nitrogen and oxygen atoms in total. The molecule has 0 heterocycles. The van der Waals surface area contributed by atoms with E-state index in [0.717, 1.165) is 17.9 Å². The van der Waals surface area contributed by atoms with Gasteiger partial charge in [-0.2, -0.15) is 0 Å². The molecule has 1 aromatic carbocycles. The average Bonchev–Trinajstić information content (AvgIpc) is 2.19. The Morgan fingerprint density at radius 1 is 1.38 bits per heavy atom. The number of para-hydroxylation sites is 1. The van der Waals surface area contributed by atoms with Crippen molar-refractivity contribution in [1.29, 1.82) is 0 Å². The lowest BCUT2D eigenvalue weighted by Gasteiger charge is -2.06. The minimum absolute atomic E-state index is 0.670.